The van der Waals surface area contributed by atoms with E-state index >= 15 is 0 Å². The van der Waals surface area contributed by atoms with E-state index in [2.05, 4.69) is 26.0 Å². The van der Waals surface area contributed by atoms with Crippen LogP contribution in [0.2, 0.25) is 0 Å². The van der Waals surface area contributed by atoms with Gasteiger partial charge < -0.3 is 5.32 Å². The van der Waals surface area contributed by atoms with Crippen LogP contribution in [0, 0.1) is 13.8 Å². The van der Waals surface area contributed by atoms with E-state index < -0.39 is 10.0 Å². The number of aryl methyl sites for hydroxylation is 2. The Kier molecular flexibility index (Phi) is 6.52. The molecule has 0 aliphatic rings. The first-order valence-electron chi connectivity index (χ1n) is 8.98. The molecule has 1 amide bonds. The molecule has 7 heteroatoms. The molecule has 3 aromatic rings. The summed E-state index contributed by atoms with van der Waals surface area (Å²) in [6.45, 7) is 3.84. The zero-order chi connectivity index (χ0) is 21.0. The number of halogens is 1. The Labute approximate surface area is 179 Å². The van der Waals surface area contributed by atoms with Crippen molar-refractivity contribution in [3.63, 3.8) is 0 Å². The summed E-state index contributed by atoms with van der Waals surface area (Å²) in [7, 11) is -3.75. The summed E-state index contributed by atoms with van der Waals surface area (Å²) in [6, 6.07) is 19.3. The van der Waals surface area contributed by atoms with E-state index in [1.54, 1.807) is 19.1 Å². The molecule has 2 N–H and O–H groups in total. The van der Waals surface area contributed by atoms with Crippen LogP contribution < -0.4 is 10.0 Å². The molecule has 29 heavy (non-hydrogen) atoms. The van der Waals surface area contributed by atoms with Crippen LogP contribution in [0.15, 0.2) is 76.1 Å². The lowest BCUT2D eigenvalue weighted by molar-refractivity contribution is 0.102. The predicted molar refractivity (Wildman–Crippen MR) is 118 cm³/mol. The molecule has 0 atom stereocenters. The summed E-state index contributed by atoms with van der Waals surface area (Å²) in [5.41, 5.74) is 3.44. The van der Waals surface area contributed by atoms with Gasteiger partial charge in [0, 0.05) is 22.3 Å². The molecule has 0 spiro atoms. The van der Waals surface area contributed by atoms with Crippen LogP contribution in [0.3, 0.4) is 0 Å². The third-order valence-corrected chi connectivity index (χ3v) is 6.40. The highest BCUT2D eigenvalue weighted by Gasteiger charge is 2.18. The zero-order valence-corrected chi connectivity index (χ0v) is 18.5. The number of benzene rings is 3. The summed E-state index contributed by atoms with van der Waals surface area (Å²) in [4.78, 5) is 12.8. The second-order valence-electron chi connectivity index (χ2n) is 6.70. The number of hydrogen-bond donors (Lipinski definition) is 2. The Morgan fingerprint density at radius 2 is 1.66 bits per heavy atom. The summed E-state index contributed by atoms with van der Waals surface area (Å²) in [5.74, 6) is -0.354. The second kappa shape index (κ2) is 8.90. The lowest BCUT2D eigenvalue weighted by Crippen LogP contribution is -2.24. The first-order chi connectivity index (χ1) is 13.8. The molecular formula is C22H21BrN2O3S. The number of amides is 1. The molecule has 0 saturated carbocycles. The molecule has 0 heterocycles. The van der Waals surface area contributed by atoms with Gasteiger partial charge in [0.25, 0.3) is 5.91 Å². The van der Waals surface area contributed by atoms with Gasteiger partial charge in [-0.25, -0.2) is 13.1 Å². The van der Waals surface area contributed by atoms with Crippen molar-refractivity contribution in [1.29, 1.82) is 0 Å². The number of carbonyl (C=O) groups excluding carboxylic acids is 1. The van der Waals surface area contributed by atoms with Crippen molar-refractivity contribution in [1.82, 2.24) is 4.72 Å². The molecule has 0 aliphatic heterocycles. The molecule has 5 nitrogen and oxygen atoms in total. The van der Waals surface area contributed by atoms with Gasteiger partial charge in [0.2, 0.25) is 10.0 Å². The van der Waals surface area contributed by atoms with E-state index in [-0.39, 0.29) is 17.3 Å². The van der Waals surface area contributed by atoms with Crippen LogP contribution >= 0.6 is 15.9 Å². The smallest absolute Gasteiger partial charge is 0.255 e. The van der Waals surface area contributed by atoms with Crippen LogP contribution in [0.1, 0.15) is 27.0 Å². The number of sulfonamides is 1. The zero-order valence-electron chi connectivity index (χ0n) is 16.1. The van der Waals surface area contributed by atoms with Gasteiger partial charge in [-0.2, -0.15) is 0 Å². The van der Waals surface area contributed by atoms with Crippen molar-refractivity contribution in [2.75, 3.05) is 5.32 Å². The maximum atomic E-state index is 12.8. The minimum absolute atomic E-state index is 0.0525. The van der Waals surface area contributed by atoms with Gasteiger partial charge in [0.15, 0.2) is 0 Å². The molecule has 0 aromatic heterocycles. The largest absolute Gasteiger partial charge is 0.322 e. The second-order valence-corrected chi connectivity index (χ2v) is 9.38. The molecule has 0 bridgehead atoms. The van der Waals surface area contributed by atoms with Crippen molar-refractivity contribution in [3.05, 3.63) is 93.5 Å². The maximum Gasteiger partial charge on any atom is 0.255 e. The lowest BCUT2D eigenvalue weighted by atomic mass is 10.1. The molecule has 0 fully saturated rings. The summed E-state index contributed by atoms with van der Waals surface area (Å²) < 4.78 is 28.9. The van der Waals surface area contributed by atoms with Crippen molar-refractivity contribution < 1.29 is 13.2 Å². The van der Waals surface area contributed by atoms with Crippen molar-refractivity contribution in [2.24, 2.45) is 0 Å². The fraction of sp³-hybridized carbons (Fsp3) is 0.136. The van der Waals surface area contributed by atoms with Crippen LogP contribution in [0.5, 0.6) is 0 Å². The van der Waals surface area contributed by atoms with E-state index in [9.17, 15) is 13.2 Å². The number of rotatable bonds is 6. The van der Waals surface area contributed by atoms with E-state index in [0.29, 0.717) is 16.8 Å². The molecular weight excluding hydrogens is 452 g/mol. The van der Waals surface area contributed by atoms with Gasteiger partial charge in [0.05, 0.1) is 4.90 Å². The topological polar surface area (TPSA) is 75.3 Å². The Balaban J connectivity index is 1.82. The first-order valence-corrected chi connectivity index (χ1v) is 11.3. The fourth-order valence-corrected chi connectivity index (χ4v) is 4.35. The van der Waals surface area contributed by atoms with Crippen LogP contribution in [-0.4, -0.2) is 14.3 Å². The van der Waals surface area contributed by atoms with Gasteiger partial charge in [-0.05, 0) is 60.9 Å². The van der Waals surface area contributed by atoms with E-state index in [0.717, 1.165) is 15.6 Å². The van der Waals surface area contributed by atoms with Gasteiger partial charge in [-0.3, -0.25) is 4.79 Å². The Bertz CT molecular complexity index is 1150. The Morgan fingerprint density at radius 1 is 0.931 bits per heavy atom. The predicted octanol–water partition coefficient (Wildman–Crippen LogP) is 4.80. The molecule has 0 saturated heterocycles. The molecule has 150 valence electrons. The Morgan fingerprint density at radius 3 is 2.34 bits per heavy atom. The highest BCUT2D eigenvalue weighted by Crippen LogP contribution is 2.22. The lowest BCUT2D eigenvalue weighted by Gasteiger charge is -2.13. The van der Waals surface area contributed by atoms with Gasteiger partial charge in [-0.15, -0.1) is 0 Å². The number of nitrogens with one attached hydrogen (secondary N) is 2. The van der Waals surface area contributed by atoms with E-state index in [1.165, 1.54) is 12.1 Å². The minimum atomic E-state index is -3.75. The van der Waals surface area contributed by atoms with Crippen molar-refractivity contribution >= 4 is 37.5 Å². The number of anilines is 1. The highest BCUT2D eigenvalue weighted by molar-refractivity contribution is 9.10. The fourth-order valence-electron chi connectivity index (χ4n) is 2.83. The maximum absolute atomic E-state index is 12.8. The van der Waals surface area contributed by atoms with Gasteiger partial charge in [-0.1, -0.05) is 52.3 Å². The van der Waals surface area contributed by atoms with Crippen LogP contribution in [0.4, 0.5) is 5.69 Å². The van der Waals surface area contributed by atoms with E-state index in [1.807, 2.05) is 49.4 Å². The SMILES string of the molecule is Cc1cc(Br)ccc1NC(=O)c1cc(S(=O)(=O)NCc2ccccc2)ccc1C. The molecule has 3 aromatic carbocycles. The van der Waals surface area contributed by atoms with Gasteiger partial charge >= 0.3 is 0 Å². The molecule has 0 radical (unpaired) electrons. The number of carbonyl (C=O) groups is 1. The quantitative estimate of drug-likeness (QED) is 0.540. The van der Waals surface area contributed by atoms with Crippen molar-refractivity contribution in [3.8, 4) is 0 Å². The molecule has 0 unspecified atom stereocenters. The number of hydrogen-bond acceptors (Lipinski definition) is 3. The Hall–Kier alpha value is -2.48. The summed E-state index contributed by atoms with van der Waals surface area (Å²) in [6.07, 6.45) is 0. The summed E-state index contributed by atoms with van der Waals surface area (Å²) in [5, 5.41) is 2.86. The van der Waals surface area contributed by atoms with Gasteiger partial charge in [0.1, 0.15) is 0 Å². The summed E-state index contributed by atoms with van der Waals surface area (Å²) >= 11 is 3.40. The first kappa shape index (κ1) is 21.2. The monoisotopic (exact) mass is 472 g/mol. The molecule has 0 aliphatic carbocycles. The third kappa shape index (κ3) is 5.32. The average Bonchev–Trinajstić information content (AvgIpc) is 2.69. The standard InChI is InChI=1S/C22H21BrN2O3S/c1-15-8-10-19(29(27,28)24-14-17-6-4-3-5-7-17)13-20(15)22(26)25-21-11-9-18(23)12-16(21)2/h3-13,24H,14H2,1-2H3,(H,25,26). The van der Waals surface area contributed by atoms with Crippen molar-refractivity contribution in [2.45, 2.75) is 25.3 Å². The highest BCUT2D eigenvalue weighted by atomic mass is 79.9. The normalized spacial score (nSPS) is 11.3. The van der Waals surface area contributed by atoms with Crippen LogP contribution in [0.25, 0.3) is 0 Å². The minimum Gasteiger partial charge on any atom is -0.322 e. The van der Waals surface area contributed by atoms with Crippen LogP contribution in [-0.2, 0) is 16.6 Å². The average molecular weight is 473 g/mol. The molecule has 3 rings (SSSR count). The third-order valence-electron chi connectivity index (χ3n) is 4.51. The van der Waals surface area contributed by atoms with E-state index in [4.69, 9.17) is 0 Å².